The van der Waals surface area contributed by atoms with Gasteiger partial charge in [0, 0.05) is 5.41 Å². The van der Waals surface area contributed by atoms with Crippen molar-refractivity contribution < 1.29 is 14.3 Å². The number of hydrogen-bond acceptors (Lipinski definition) is 3. The van der Waals surface area contributed by atoms with Crippen LogP contribution in [0.4, 0.5) is 0 Å². The van der Waals surface area contributed by atoms with E-state index in [-0.39, 0.29) is 5.91 Å². The van der Waals surface area contributed by atoms with Crippen LogP contribution in [-0.2, 0) is 14.3 Å². The standard InChI is InChI=1S/C11H19NO3/c1-6-7-11(3,4)10(14)12-8(2)9(13)15-5/h6,8H,1,7H2,2-5H3,(H,12,14). The summed E-state index contributed by atoms with van der Waals surface area (Å²) in [6.45, 7) is 8.78. The summed E-state index contributed by atoms with van der Waals surface area (Å²) in [4.78, 5) is 22.8. The van der Waals surface area contributed by atoms with Crippen molar-refractivity contribution in [2.24, 2.45) is 5.41 Å². The first-order valence-corrected chi connectivity index (χ1v) is 4.85. The molecule has 0 heterocycles. The molecule has 0 radical (unpaired) electrons. The minimum absolute atomic E-state index is 0.180. The van der Waals surface area contributed by atoms with E-state index in [1.165, 1.54) is 7.11 Å². The SMILES string of the molecule is C=CCC(C)(C)C(=O)NC(C)C(=O)OC. The number of hydrogen-bond donors (Lipinski definition) is 1. The molecule has 15 heavy (non-hydrogen) atoms. The monoisotopic (exact) mass is 213 g/mol. The second kappa shape index (κ2) is 5.53. The Balaban J connectivity index is 4.35. The molecule has 4 heteroatoms. The summed E-state index contributed by atoms with van der Waals surface area (Å²) in [6.07, 6.45) is 2.25. The molecule has 0 aliphatic rings. The van der Waals surface area contributed by atoms with E-state index in [1.807, 2.05) is 0 Å². The average Bonchev–Trinajstić information content (AvgIpc) is 2.16. The molecule has 0 saturated carbocycles. The quantitative estimate of drug-likeness (QED) is 0.552. The van der Waals surface area contributed by atoms with Gasteiger partial charge in [-0.25, -0.2) is 4.79 Å². The zero-order valence-corrected chi connectivity index (χ0v) is 9.79. The van der Waals surface area contributed by atoms with Crippen molar-refractivity contribution in [1.82, 2.24) is 5.32 Å². The fourth-order valence-electron chi connectivity index (χ4n) is 1.08. The second-order valence-corrected chi connectivity index (χ2v) is 4.09. The molecule has 0 saturated heterocycles. The number of carbonyl (C=O) groups excluding carboxylic acids is 2. The number of ether oxygens (including phenoxy) is 1. The lowest BCUT2D eigenvalue weighted by Crippen LogP contribution is -2.45. The van der Waals surface area contributed by atoms with Gasteiger partial charge in [-0.05, 0) is 13.3 Å². The van der Waals surface area contributed by atoms with E-state index in [0.29, 0.717) is 6.42 Å². The topological polar surface area (TPSA) is 55.4 Å². The zero-order chi connectivity index (χ0) is 12.1. The van der Waals surface area contributed by atoms with Crippen molar-refractivity contribution in [2.45, 2.75) is 33.2 Å². The lowest BCUT2D eigenvalue weighted by atomic mass is 9.88. The van der Waals surface area contributed by atoms with Gasteiger partial charge in [0.15, 0.2) is 0 Å². The Labute approximate surface area is 90.7 Å². The summed E-state index contributed by atoms with van der Waals surface area (Å²) in [5.41, 5.74) is -0.552. The van der Waals surface area contributed by atoms with Crippen LogP contribution in [0.25, 0.3) is 0 Å². The highest BCUT2D eigenvalue weighted by Gasteiger charge is 2.28. The van der Waals surface area contributed by atoms with Gasteiger partial charge in [-0.15, -0.1) is 6.58 Å². The van der Waals surface area contributed by atoms with Crippen molar-refractivity contribution in [3.63, 3.8) is 0 Å². The van der Waals surface area contributed by atoms with Crippen LogP contribution in [0.1, 0.15) is 27.2 Å². The van der Waals surface area contributed by atoms with Crippen LogP contribution >= 0.6 is 0 Å². The van der Waals surface area contributed by atoms with Gasteiger partial charge < -0.3 is 10.1 Å². The average molecular weight is 213 g/mol. The Hall–Kier alpha value is -1.32. The first kappa shape index (κ1) is 13.7. The molecule has 1 amide bonds. The van der Waals surface area contributed by atoms with E-state index in [2.05, 4.69) is 16.6 Å². The summed E-state index contributed by atoms with van der Waals surface area (Å²) in [7, 11) is 1.29. The molecule has 4 nitrogen and oxygen atoms in total. The highest BCUT2D eigenvalue weighted by atomic mass is 16.5. The molecule has 0 bridgehead atoms. The molecule has 0 aliphatic carbocycles. The predicted octanol–water partition coefficient (Wildman–Crippen LogP) is 1.27. The van der Waals surface area contributed by atoms with Crippen molar-refractivity contribution in [3.05, 3.63) is 12.7 Å². The lowest BCUT2D eigenvalue weighted by Gasteiger charge is -2.23. The lowest BCUT2D eigenvalue weighted by molar-refractivity contribution is -0.145. The molecular weight excluding hydrogens is 194 g/mol. The molecule has 86 valence electrons. The van der Waals surface area contributed by atoms with Crippen LogP contribution in [0.2, 0.25) is 0 Å². The summed E-state index contributed by atoms with van der Waals surface area (Å²) >= 11 is 0. The van der Waals surface area contributed by atoms with Gasteiger partial charge in [-0.1, -0.05) is 19.9 Å². The number of esters is 1. The molecule has 0 aliphatic heterocycles. The number of nitrogens with one attached hydrogen (secondary N) is 1. The predicted molar refractivity (Wildman–Crippen MR) is 58.2 cm³/mol. The number of carbonyl (C=O) groups is 2. The summed E-state index contributed by atoms with van der Waals surface area (Å²) in [5, 5.41) is 2.59. The van der Waals surface area contributed by atoms with Gasteiger partial charge in [0.2, 0.25) is 5.91 Å². The molecule has 0 fully saturated rings. The highest BCUT2D eigenvalue weighted by Crippen LogP contribution is 2.20. The summed E-state index contributed by atoms with van der Waals surface area (Å²) < 4.78 is 4.51. The van der Waals surface area contributed by atoms with Crippen molar-refractivity contribution in [3.8, 4) is 0 Å². The van der Waals surface area contributed by atoms with Gasteiger partial charge in [0.1, 0.15) is 6.04 Å². The third kappa shape index (κ3) is 4.14. The molecule has 0 aromatic carbocycles. The fourth-order valence-corrected chi connectivity index (χ4v) is 1.08. The number of allylic oxidation sites excluding steroid dienone is 1. The smallest absolute Gasteiger partial charge is 0.328 e. The van der Waals surface area contributed by atoms with Gasteiger partial charge in [0.25, 0.3) is 0 Å². The van der Waals surface area contributed by atoms with Crippen molar-refractivity contribution in [1.29, 1.82) is 0 Å². The first-order chi connectivity index (χ1) is 6.85. The van der Waals surface area contributed by atoms with E-state index in [0.717, 1.165) is 0 Å². The van der Waals surface area contributed by atoms with Crippen LogP contribution in [-0.4, -0.2) is 25.0 Å². The molecule has 0 rings (SSSR count). The highest BCUT2D eigenvalue weighted by molar-refractivity contribution is 5.87. The third-order valence-electron chi connectivity index (χ3n) is 2.17. The molecule has 0 aromatic rings. The van der Waals surface area contributed by atoms with E-state index in [9.17, 15) is 9.59 Å². The Morgan fingerprint density at radius 2 is 2.07 bits per heavy atom. The van der Waals surface area contributed by atoms with Gasteiger partial charge in [0.05, 0.1) is 7.11 Å². The molecule has 0 spiro atoms. The minimum atomic E-state index is -0.619. The van der Waals surface area contributed by atoms with Gasteiger partial charge >= 0.3 is 5.97 Å². The zero-order valence-electron chi connectivity index (χ0n) is 9.79. The molecule has 1 N–H and O–H groups in total. The van der Waals surface area contributed by atoms with E-state index >= 15 is 0 Å². The molecule has 1 unspecified atom stereocenters. The maximum atomic E-state index is 11.7. The van der Waals surface area contributed by atoms with Crippen LogP contribution in [0, 0.1) is 5.41 Å². The molecule has 0 aromatic heterocycles. The first-order valence-electron chi connectivity index (χ1n) is 4.85. The van der Waals surface area contributed by atoms with Crippen molar-refractivity contribution in [2.75, 3.05) is 7.11 Å². The molecular formula is C11H19NO3. The summed E-state index contributed by atoms with van der Waals surface area (Å²) in [6, 6.07) is -0.619. The van der Waals surface area contributed by atoms with Gasteiger partial charge in [-0.3, -0.25) is 4.79 Å². The minimum Gasteiger partial charge on any atom is -0.467 e. The fraction of sp³-hybridized carbons (Fsp3) is 0.636. The number of amides is 1. The largest absolute Gasteiger partial charge is 0.467 e. The van der Waals surface area contributed by atoms with E-state index < -0.39 is 17.4 Å². The maximum absolute atomic E-state index is 11.7. The van der Waals surface area contributed by atoms with Crippen LogP contribution in [0.5, 0.6) is 0 Å². The van der Waals surface area contributed by atoms with Crippen molar-refractivity contribution >= 4 is 11.9 Å². The third-order valence-corrected chi connectivity index (χ3v) is 2.17. The molecule has 1 atom stereocenters. The number of rotatable bonds is 5. The number of methoxy groups -OCH3 is 1. The van der Waals surface area contributed by atoms with Gasteiger partial charge in [-0.2, -0.15) is 0 Å². The van der Waals surface area contributed by atoms with E-state index in [4.69, 9.17) is 0 Å². The van der Waals surface area contributed by atoms with Crippen LogP contribution in [0.15, 0.2) is 12.7 Å². The van der Waals surface area contributed by atoms with Crippen LogP contribution < -0.4 is 5.32 Å². The summed E-state index contributed by atoms with van der Waals surface area (Å²) in [5.74, 6) is -0.627. The Bertz CT molecular complexity index is 259. The maximum Gasteiger partial charge on any atom is 0.328 e. The second-order valence-electron chi connectivity index (χ2n) is 4.09. The Kier molecular flexibility index (Phi) is 5.05. The van der Waals surface area contributed by atoms with Crippen LogP contribution in [0.3, 0.4) is 0 Å². The Morgan fingerprint density at radius 3 is 2.47 bits per heavy atom. The Morgan fingerprint density at radius 1 is 1.53 bits per heavy atom. The normalized spacial score (nSPS) is 12.8. The van der Waals surface area contributed by atoms with E-state index in [1.54, 1.807) is 26.8 Å².